The lowest BCUT2D eigenvalue weighted by molar-refractivity contribution is -0.365. The van der Waals surface area contributed by atoms with Crippen molar-refractivity contribution in [1.29, 1.82) is 5.26 Å². The van der Waals surface area contributed by atoms with Gasteiger partial charge in [0, 0.05) is 13.1 Å². The van der Waals surface area contributed by atoms with Crippen LogP contribution in [0.4, 0.5) is 8.78 Å². The minimum Gasteiger partial charge on any atom is -0.495 e. The summed E-state index contributed by atoms with van der Waals surface area (Å²) in [5, 5.41) is 8.71. The minimum absolute atomic E-state index is 0.0924. The van der Waals surface area contributed by atoms with Gasteiger partial charge in [-0.05, 0) is 79.4 Å². The molecule has 0 aromatic heterocycles. The number of hydrogen-bond acceptors (Lipinski definition) is 9. The van der Waals surface area contributed by atoms with Crippen molar-refractivity contribution in [2.45, 2.75) is 51.3 Å². The van der Waals surface area contributed by atoms with Gasteiger partial charge in [-0.2, -0.15) is 18.3 Å². The maximum atomic E-state index is 15.4. The molecule has 16 heteroatoms. The normalized spacial score (nSPS) is 13.3. The molecular formula is C35H34ClF2N2O9PS. The van der Waals surface area contributed by atoms with Crippen LogP contribution < -0.4 is 4.74 Å². The Morgan fingerprint density at radius 3 is 2.22 bits per heavy atom. The molecule has 2 unspecified atom stereocenters. The van der Waals surface area contributed by atoms with Crippen LogP contribution in [0.2, 0.25) is 5.02 Å². The Balaban J connectivity index is 1.65. The lowest BCUT2D eigenvalue weighted by Crippen LogP contribution is -2.35. The number of hydrogen-bond donors (Lipinski definition) is 1. The van der Waals surface area contributed by atoms with Crippen LogP contribution in [0.15, 0.2) is 95.9 Å². The number of ether oxygens (including phenoxy) is 3. The average molecular weight is 763 g/mol. The standard InChI is InChI=1S/C35H34ClF2N2O9PS/c1-34(2,3)32(41)47-33(49-50(42)43)48-35(37,38)28-17-14-25(19-29(28)36)22-40(51(44,45)31-11-6-5-10-30(31)46-4)21-23-12-15-26(16-13-23)27-9-7-8-24(18-27)20-39/h5-19,33,50H,21-22H2,1-4H3,(H,42,43). The lowest BCUT2D eigenvalue weighted by atomic mass is 9.98. The van der Waals surface area contributed by atoms with Crippen molar-refractivity contribution in [2.24, 2.45) is 5.41 Å². The second-order valence-electron chi connectivity index (χ2n) is 12.1. The Kier molecular flexibility index (Phi) is 12.8. The SMILES string of the molecule is COc1ccccc1S(=O)(=O)N(Cc1ccc(-c2cccc(C#N)c2)cc1)Cc1ccc(C(F)(F)OC(OC(=O)C(C)(C)C)O[PH](=O)O)c(Cl)c1. The molecule has 0 heterocycles. The summed E-state index contributed by atoms with van der Waals surface area (Å²) in [4.78, 5) is 21.3. The monoisotopic (exact) mass is 762 g/mol. The van der Waals surface area contributed by atoms with Gasteiger partial charge in [0.15, 0.2) is 0 Å². The molecule has 0 spiro atoms. The Morgan fingerprint density at radius 2 is 1.61 bits per heavy atom. The summed E-state index contributed by atoms with van der Waals surface area (Å²) in [6, 6.07) is 25.4. The van der Waals surface area contributed by atoms with Crippen LogP contribution in [0, 0.1) is 16.7 Å². The molecule has 0 aliphatic heterocycles. The second kappa shape index (κ2) is 16.4. The van der Waals surface area contributed by atoms with Crippen LogP contribution in [0.25, 0.3) is 11.1 Å². The summed E-state index contributed by atoms with van der Waals surface area (Å²) in [6.45, 7) is 1.25. The van der Waals surface area contributed by atoms with E-state index in [4.69, 9.17) is 26.0 Å². The van der Waals surface area contributed by atoms with Gasteiger partial charge in [-0.3, -0.25) is 14.1 Å². The van der Waals surface area contributed by atoms with E-state index in [-0.39, 0.29) is 29.3 Å². The molecule has 0 saturated carbocycles. The van der Waals surface area contributed by atoms with Crippen molar-refractivity contribution >= 4 is 35.8 Å². The number of methoxy groups -OCH3 is 1. The van der Waals surface area contributed by atoms with Gasteiger partial charge in [0.05, 0.1) is 34.7 Å². The zero-order valence-electron chi connectivity index (χ0n) is 27.8. The molecule has 2 atom stereocenters. The highest BCUT2D eigenvalue weighted by molar-refractivity contribution is 7.89. The first kappa shape index (κ1) is 39.6. The minimum atomic E-state index is -4.30. The molecule has 0 radical (unpaired) electrons. The highest BCUT2D eigenvalue weighted by Crippen LogP contribution is 2.39. The van der Waals surface area contributed by atoms with E-state index in [1.54, 1.807) is 48.5 Å². The van der Waals surface area contributed by atoms with Gasteiger partial charge in [-0.25, -0.2) is 12.9 Å². The van der Waals surface area contributed by atoms with Crippen LogP contribution in [-0.4, -0.2) is 37.2 Å². The first-order chi connectivity index (χ1) is 23.9. The average Bonchev–Trinajstić information content (AvgIpc) is 3.07. The number of carbonyl (C=O) groups is 1. The fourth-order valence-corrected chi connectivity index (χ4v) is 6.82. The summed E-state index contributed by atoms with van der Waals surface area (Å²) < 4.78 is 90.3. The first-order valence-electron chi connectivity index (χ1n) is 15.1. The highest BCUT2D eigenvalue weighted by atomic mass is 35.5. The molecule has 0 aliphatic rings. The summed E-state index contributed by atoms with van der Waals surface area (Å²) >= 11 is 6.28. The number of para-hydroxylation sites is 1. The largest absolute Gasteiger partial charge is 0.495 e. The van der Waals surface area contributed by atoms with Crippen molar-refractivity contribution < 1.29 is 50.2 Å². The second-order valence-corrected chi connectivity index (χ2v) is 15.2. The molecule has 270 valence electrons. The predicted octanol–water partition coefficient (Wildman–Crippen LogP) is 7.62. The van der Waals surface area contributed by atoms with E-state index < -0.39 is 52.8 Å². The highest BCUT2D eigenvalue weighted by Gasteiger charge is 2.42. The van der Waals surface area contributed by atoms with E-state index in [0.29, 0.717) is 11.1 Å². The molecule has 51 heavy (non-hydrogen) atoms. The van der Waals surface area contributed by atoms with E-state index in [9.17, 15) is 23.0 Å². The molecule has 4 aromatic rings. The van der Waals surface area contributed by atoms with Crippen molar-refractivity contribution in [3.8, 4) is 22.9 Å². The Labute approximate surface area is 299 Å². The lowest BCUT2D eigenvalue weighted by Gasteiger charge is -2.27. The summed E-state index contributed by atoms with van der Waals surface area (Å²) in [5.41, 5.74) is 0.789. The molecule has 0 aliphatic carbocycles. The van der Waals surface area contributed by atoms with Gasteiger partial charge < -0.3 is 14.4 Å². The van der Waals surface area contributed by atoms with Crippen molar-refractivity contribution in [3.63, 3.8) is 0 Å². The molecule has 0 amide bonds. The topological polar surface area (TPSA) is 152 Å². The first-order valence-corrected chi connectivity index (χ1v) is 18.2. The third kappa shape index (κ3) is 10.2. The van der Waals surface area contributed by atoms with Gasteiger partial charge in [-0.1, -0.05) is 66.2 Å². The van der Waals surface area contributed by atoms with Gasteiger partial charge in [-0.15, -0.1) is 0 Å². The maximum absolute atomic E-state index is 15.4. The van der Waals surface area contributed by atoms with Crippen LogP contribution in [0.5, 0.6) is 5.75 Å². The van der Waals surface area contributed by atoms with Crippen molar-refractivity contribution in [3.05, 3.63) is 118 Å². The van der Waals surface area contributed by atoms with Crippen molar-refractivity contribution in [2.75, 3.05) is 7.11 Å². The van der Waals surface area contributed by atoms with Crippen LogP contribution in [0.1, 0.15) is 43.0 Å². The Morgan fingerprint density at radius 1 is 0.961 bits per heavy atom. The van der Waals surface area contributed by atoms with E-state index in [0.717, 1.165) is 27.6 Å². The predicted molar refractivity (Wildman–Crippen MR) is 184 cm³/mol. The molecule has 4 rings (SSSR count). The van der Waals surface area contributed by atoms with E-state index in [2.05, 4.69) is 15.3 Å². The van der Waals surface area contributed by atoms with Crippen LogP contribution >= 0.6 is 19.9 Å². The van der Waals surface area contributed by atoms with Gasteiger partial charge in [0.2, 0.25) is 10.0 Å². The third-order valence-electron chi connectivity index (χ3n) is 7.29. The van der Waals surface area contributed by atoms with Gasteiger partial charge in [0.25, 0.3) is 0 Å². The number of rotatable bonds is 14. The van der Waals surface area contributed by atoms with Crippen molar-refractivity contribution in [1.82, 2.24) is 4.31 Å². The Bertz CT molecular complexity index is 2050. The quantitative estimate of drug-likeness (QED) is 0.0772. The summed E-state index contributed by atoms with van der Waals surface area (Å²) in [6.07, 6.45) is -4.30. The summed E-state index contributed by atoms with van der Waals surface area (Å²) in [5.74, 6) is -0.957. The number of nitriles is 1. The van der Waals surface area contributed by atoms with E-state index >= 15 is 8.78 Å². The van der Waals surface area contributed by atoms with Gasteiger partial charge >= 0.3 is 26.8 Å². The van der Waals surface area contributed by atoms with E-state index in [1.165, 1.54) is 52.1 Å². The number of halogens is 3. The van der Waals surface area contributed by atoms with Crippen LogP contribution in [-0.2, 0) is 52.6 Å². The zero-order chi connectivity index (χ0) is 37.6. The number of carbonyl (C=O) groups excluding carboxylic acids is 1. The molecule has 0 bridgehead atoms. The number of esters is 1. The summed E-state index contributed by atoms with van der Waals surface area (Å²) in [7, 11) is -6.84. The number of sulfonamides is 1. The molecule has 1 N–H and O–H groups in total. The number of benzene rings is 4. The molecular weight excluding hydrogens is 729 g/mol. The zero-order valence-corrected chi connectivity index (χ0v) is 30.4. The number of alkyl halides is 2. The van der Waals surface area contributed by atoms with Gasteiger partial charge in [0.1, 0.15) is 10.6 Å². The molecule has 4 aromatic carbocycles. The smallest absolute Gasteiger partial charge is 0.389 e. The Hall–Kier alpha value is -4.19. The maximum Gasteiger partial charge on any atom is 0.389 e. The number of nitrogens with zero attached hydrogens (tertiary/aromatic N) is 2. The molecule has 0 fully saturated rings. The fourth-order valence-electron chi connectivity index (χ4n) is 4.67. The molecule has 11 nitrogen and oxygen atoms in total. The van der Waals surface area contributed by atoms with E-state index in [1.807, 2.05) is 6.07 Å². The third-order valence-corrected chi connectivity index (χ3v) is 9.83. The fraction of sp³-hybridized carbons (Fsp3) is 0.257. The molecule has 0 saturated heterocycles. The van der Waals surface area contributed by atoms with Crippen LogP contribution in [0.3, 0.4) is 0 Å².